The number of likely N-dealkylation sites (tertiary alicyclic amines) is 1. The number of nitrogens with zero attached hydrogens (tertiary/aromatic N) is 1. The Kier molecular flexibility index (Phi) is 5.19. The van der Waals surface area contributed by atoms with Gasteiger partial charge in [-0.15, -0.1) is 0 Å². The molecule has 1 amide bonds. The van der Waals surface area contributed by atoms with Gasteiger partial charge in [0.1, 0.15) is 5.82 Å². The van der Waals surface area contributed by atoms with E-state index in [0.717, 1.165) is 31.6 Å². The summed E-state index contributed by atoms with van der Waals surface area (Å²) in [5.74, 6) is -0.186. The highest BCUT2D eigenvalue weighted by molar-refractivity contribution is 9.10. The zero-order chi connectivity index (χ0) is 13.7. The van der Waals surface area contributed by atoms with Crippen molar-refractivity contribution in [3.8, 4) is 0 Å². The first-order valence-corrected chi connectivity index (χ1v) is 7.43. The molecule has 3 nitrogen and oxygen atoms in total. The summed E-state index contributed by atoms with van der Waals surface area (Å²) < 4.78 is 13.6. The fraction of sp³-hybridized carbons (Fsp3) is 0.500. The highest BCUT2D eigenvalue weighted by Gasteiger charge is 2.15. The van der Waals surface area contributed by atoms with E-state index in [2.05, 4.69) is 21.2 Å². The molecule has 1 fully saturated rings. The summed E-state index contributed by atoms with van der Waals surface area (Å²) in [6, 6.07) is 4.40. The number of nitrogens with one attached hydrogen (secondary N) is 1. The maximum Gasteiger partial charge on any atom is 0.241 e. The zero-order valence-electron chi connectivity index (χ0n) is 10.8. The van der Waals surface area contributed by atoms with Crippen LogP contribution in [0.5, 0.6) is 0 Å². The number of halogens is 2. The maximum absolute atomic E-state index is 12.9. The Balaban J connectivity index is 1.88. The third kappa shape index (κ3) is 4.20. The minimum absolute atomic E-state index is 0.109. The SMILES string of the molecule is O=C(CNc1ccc(F)cc1Br)N1CCCCCC1. The lowest BCUT2D eigenvalue weighted by Gasteiger charge is -2.21. The number of benzene rings is 1. The van der Waals surface area contributed by atoms with Gasteiger partial charge >= 0.3 is 0 Å². The molecule has 0 bridgehead atoms. The monoisotopic (exact) mass is 328 g/mol. The van der Waals surface area contributed by atoms with Crippen molar-refractivity contribution in [3.05, 3.63) is 28.5 Å². The molecule has 0 aromatic heterocycles. The molecule has 1 saturated heterocycles. The van der Waals surface area contributed by atoms with Crippen molar-refractivity contribution < 1.29 is 9.18 Å². The molecule has 1 aliphatic heterocycles. The zero-order valence-corrected chi connectivity index (χ0v) is 12.4. The minimum atomic E-state index is -0.295. The number of carbonyl (C=O) groups excluding carboxylic acids is 1. The second-order valence-corrected chi connectivity index (χ2v) is 5.63. The van der Waals surface area contributed by atoms with E-state index in [1.54, 1.807) is 6.07 Å². The lowest BCUT2D eigenvalue weighted by molar-refractivity contribution is -0.129. The quantitative estimate of drug-likeness (QED) is 0.922. The van der Waals surface area contributed by atoms with Crippen LogP contribution in [0.3, 0.4) is 0 Å². The third-order valence-corrected chi connectivity index (χ3v) is 3.98. The molecule has 5 heteroatoms. The van der Waals surface area contributed by atoms with Crippen molar-refractivity contribution in [2.45, 2.75) is 25.7 Å². The normalized spacial score (nSPS) is 16.0. The van der Waals surface area contributed by atoms with Gasteiger partial charge in [0, 0.05) is 23.2 Å². The van der Waals surface area contributed by atoms with E-state index in [1.165, 1.54) is 25.0 Å². The van der Waals surface area contributed by atoms with Crippen LogP contribution in [0.2, 0.25) is 0 Å². The maximum atomic E-state index is 12.9. The van der Waals surface area contributed by atoms with E-state index in [1.807, 2.05) is 4.90 Å². The second kappa shape index (κ2) is 6.89. The average molecular weight is 329 g/mol. The molecule has 1 N–H and O–H groups in total. The Bertz CT molecular complexity index is 445. The van der Waals surface area contributed by atoms with E-state index < -0.39 is 0 Å². The van der Waals surface area contributed by atoms with Crippen LogP contribution in [0.25, 0.3) is 0 Å². The highest BCUT2D eigenvalue weighted by atomic mass is 79.9. The van der Waals surface area contributed by atoms with Gasteiger partial charge in [-0.3, -0.25) is 4.79 Å². The summed E-state index contributed by atoms with van der Waals surface area (Å²) in [6.45, 7) is 1.96. The fourth-order valence-corrected chi connectivity index (χ4v) is 2.73. The van der Waals surface area contributed by atoms with Crippen LogP contribution in [0.1, 0.15) is 25.7 Å². The Morgan fingerprint density at radius 3 is 2.58 bits per heavy atom. The smallest absolute Gasteiger partial charge is 0.241 e. The van der Waals surface area contributed by atoms with Gasteiger partial charge in [-0.2, -0.15) is 0 Å². The van der Waals surface area contributed by atoms with Gasteiger partial charge in [-0.05, 0) is 47.0 Å². The number of hydrogen-bond donors (Lipinski definition) is 1. The lowest BCUT2D eigenvalue weighted by atomic mass is 10.2. The van der Waals surface area contributed by atoms with Gasteiger partial charge in [0.05, 0.1) is 6.54 Å². The number of rotatable bonds is 3. The van der Waals surface area contributed by atoms with Crippen LogP contribution < -0.4 is 5.32 Å². The van der Waals surface area contributed by atoms with Crippen molar-refractivity contribution in [1.29, 1.82) is 0 Å². The van der Waals surface area contributed by atoms with Gasteiger partial charge < -0.3 is 10.2 Å². The molecule has 104 valence electrons. The van der Waals surface area contributed by atoms with E-state index in [4.69, 9.17) is 0 Å². The van der Waals surface area contributed by atoms with Gasteiger partial charge in [0.2, 0.25) is 5.91 Å². The number of amides is 1. The Morgan fingerprint density at radius 1 is 1.26 bits per heavy atom. The summed E-state index contributed by atoms with van der Waals surface area (Å²) in [7, 11) is 0. The van der Waals surface area contributed by atoms with Gasteiger partial charge in [-0.25, -0.2) is 4.39 Å². The van der Waals surface area contributed by atoms with Crippen molar-refractivity contribution in [1.82, 2.24) is 4.90 Å². The molecule has 0 radical (unpaired) electrons. The third-order valence-electron chi connectivity index (χ3n) is 3.32. The van der Waals surface area contributed by atoms with Crippen molar-refractivity contribution in [2.24, 2.45) is 0 Å². The van der Waals surface area contributed by atoms with Crippen LogP contribution in [-0.4, -0.2) is 30.4 Å². The number of anilines is 1. The van der Waals surface area contributed by atoms with Gasteiger partial charge in [-0.1, -0.05) is 12.8 Å². The van der Waals surface area contributed by atoms with Crippen molar-refractivity contribution in [3.63, 3.8) is 0 Å². The molecule has 1 aromatic rings. The van der Waals surface area contributed by atoms with Crippen LogP contribution in [-0.2, 0) is 4.79 Å². The van der Waals surface area contributed by atoms with E-state index in [9.17, 15) is 9.18 Å². The van der Waals surface area contributed by atoms with Crippen LogP contribution in [0, 0.1) is 5.82 Å². The molecular formula is C14H18BrFN2O. The average Bonchev–Trinajstić information content (AvgIpc) is 2.66. The Hall–Kier alpha value is -1.10. The van der Waals surface area contributed by atoms with Crippen molar-refractivity contribution >= 4 is 27.5 Å². The summed E-state index contributed by atoms with van der Waals surface area (Å²) >= 11 is 3.28. The predicted molar refractivity (Wildman–Crippen MR) is 77.6 cm³/mol. The standard InChI is InChI=1S/C14H18BrFN2O/c15-12-9-11(16)5-6-13(12)17-10-14(19)18-7-3-1-2-4-8-18/h5-6,9,17H,1-4,7-8,10H2. The minimum Gasteiger partial charge on any atom is -0.375 e. The molecular weight excluding hydrogens is 311 g/mol. The number of hydrogen-bond acceptors (Lipinski definition) is 2. The Morgan fingerprint density at radius 2 is 1.95 bits per heavy atom. The molecule has 2 rings (SSSR count). The second-order valence-electron chi connectivity index (χ2n) is 4.77. The molecule has 0 aliphatic carbocycles. The molecule has 1 aliphatic rings. The topological polar surface area (TPSA) is 32.3 Å². The number of carbonyl (C=O) groups is 1. The summed E-state index contributed by atoms with van der Waals surface area (Å²) in [4.78, 5) is 14.0. The fourth-order valence-electron chi connectivity index (χ4n) is 2.24. The first-order valence-electron chi connectivity index (χ1n) is 6.63. The van der Waals surface area contributed by atoms with Gasteiger partial charge in [0.15, 0.2) is 0 Å². The first-order chi connectivity index (χ1) is 9.16. The molecule has 1 aromatic carbocycles. The summed E-state index contributed by atoms with van der Waals surface area (Å²) in [6.07, 6.45) is 4.60. The summed E-state index contributed by atoms with van der Waals surface area (Å²) in [5, 5.41) is 3.05. The molecule has 19 heavy (non-hydrogen) atoms. The van der Waals surface area contributed by atoms with Crippen LogP contribution in [0.15, 0.2) is 22.7 Å². The molecule has 0 saturated carbocycles. The molecule has 0 spiro atoms. The lowest BCUT2D eigenvalue weighted by Crippen LogP contribution is -2.36. The highest BCUT2D eigenvalue weighted by Crippen LogP contribution is 2.22. The first kappa shape index (κ1) is 14.3. The van der Waals surface area contributed by atoms with E-state index in [0.29, 0.717) is 4.47 Å². The van der Waals surface area contributed by atoms with Gasteiger partial charge in [0.25, 0.3) is 0 Å². The van der Waals surface area contributed by atoms with Crippen LogP contribution >= 0.6 is 15.9 Å². The Labute approximate surface area is 121 Å². The molecule has 0 unspecified atom stereocenters. The van der Waals surface area contributed by atoms with Crippen LogP contribution in [0.4, 0.5) is 10.1 Å². The molecule has 0 atom stereocenters. The molecule has 1 heterocycles. The largest absolute Gasteiger partial charge is 0.375 e. The van der Waals surface area contributed by atoms with Crippen molar-refractivity contribution in [2.75, 3.05) is 25.0 Å². The van der Waals surface area contributed by atoms with E-state index in [-0.39, 0.29) is 18.3 Å². The predicted octanol–water partition coefficient (Wildman–Crippen LogP) is 3.40. The van der Waals surface area contributed by atoms with E-state index >= 15 is 0 Å². The summed E-state index contributed by atoms with van der Waals surface area (Å²) in [5.41, 5.74) is 0.740.